The number of nitrogens with one attached hydrogen (secondary N) is 1. The molecule has 0 saturated carbocycles. The summed E-state index contributed by atoms with van der Waals surface area (Å²) in [5, 5.41) is 4.41. The first-order valence-corrected chi connectivity index (χ1v) is 8.24. The molecule has 2 unspecified atom stereocenters. The van der Waals surface area contributed by atoms with Crippen molar-refractivity contribution in [1.82, 2.24) is 15.3 Å². The van der Waals surface area contributed by atoms with Gasteiger partial charge in [0.1, 0.15) is 10.6 Å². The third-order valence-corrected chi connectivity index (χ3v) is 4.07. The van der Waals surface area contributed by atoms with Crippen LogP contribution in [-0.2, 0) is 9.53 Å². The second-order valence-electron chi connectivity index (χ2n) is 5.16. The van der Waals surface area contributed by atoms with E-state index in [1.807, 2.05) is 13.8 Å². The van der Waals surface area contributed by atoms with Crippen LogP contribution in [0.4, 0.5) is 0 Å². The van der Waals surface area contributed by atoms with E-state index in [1.165, 1.54) is 0 Å². The molecule has 1 rings (SSSR count). The summed E-state index contributed by atoms with van der Waals surface area (Å²) in [6.45, 7) is 9.09. The minimum absolute atomic E-state index is 0.190. The topological polar surface area (TPSA) is 64.1 Å². The van der Waals surface area contributed by atoms with E-state index in [9.17, 15) is 4.79 Å². The smallest absolute Gasteiger partial charge is 0.326 e. The number of carbonyl (C=O) groups is 1. The van der Waals surface area contributed by atoms with Gasteiger partial charge in [0.2, 0.25) is 0 Å². The van der Waals surface area contributed by atoms with Crippen molar-refractivity contribution < 1.29 is 9.53 Å². The van der Waals surface area contributed by atoms with Crippen molar-refractivity contribution >= 4 is 17.7 Å². The van der Waals surface area contributed by atoms with Gasteiger partial charge in [-0.25, -0.2) is 4.98 Å². The number of ether oxygens (including phenoxy) is 1. The first kappa shape index (κ1) is 17.9. The maximum Gasteiger partial charge on any atom is 0.326 e. The molecule has 1 heterocycles. The lowest BCUT2D eigenvalue weighted by molar-refractivity contribution is -0.150. The maximum atomic E-state index is 12.2. The predicted molar refractivity (Wildman–Crippen MR) is 85.3 cm³/mol. The lowest BCUT2D eigenvalue weighted by atomic mass is 9.96. The average Bonchev–Trinajstić information content (AvgIpc) is 2.46. The Morgan fingerprint density at radius 2 is 2.24 bits per heavy atom. The number of hydrogen-bond acceptors (Lipinski definition) is 6. The van der Waals surface area contributed by atoms with Crippen LogP contribution in [0.2, 0.25) is 0 Å². The second-order valence-corrected chi connectivity index (χ2v) is 6.61. The van der Waals surface area contributed by atoms with Crippen LogP contribution in [0.25, 0.3) is 0 Å². The van der Waals surface area contributed by atoms with Gasteiger partial charge < -0.3 is 10.1 Å². The van der Waals surface area contributed by atoms with Crippen LogP contribution < -0.4 is 5.32 Å². The zero-order valence-electron chi connectivity index (χ0n) is 13.3. The summed E-state index contributed by atoms with van der Waals surface area (Å²) in [6.07, 6.45) is 6.71. The first-order chi connectivity index (χ1) is 10.0. The normalized spacial score (nSPS) is 15.2. The van der Waals surface area contributed by atoms with E-state index in [-0.39, 0.29) is 11.2 Å². The van der Waals surface area contributed by atoms with E-state index >= 15 is 0 Å². The Bertz CT molecular complexity index is 430. The van der Waals surface area contributed by atoms with Gasteiger partial charge in [-0.1, -0.05) is 13.8 Å². The van der Waals surface area contributed by atoms with Crippen molar-refractivity contribution in [3.05, 3.63) is 18.6 Å². The van der Waals surface area contributed by atoms with Gasteiger partial charge in [0.05, 0.1) is 12.8 Å². The standard InChI is InChI=1S/C15H25N3O2S/c1-5-7-18-15(4,14(19)20-6-2)10-12(3)21-13-11-16-8-9-17-13/h8-9,11-12,18H,5-7,10H2,1-4H3. The van der Waals surface area contributed by atoms with Gasteiger partial charge in [-0.3, -0.25) is 9.78 Å². The average molecular weight is 311 g/mol. The molecule has 0 bridgehead atoms. The fourth-order valence-electron chi connectivity index (χ4n) is 2.09. The molecule has 1 aromatic heterocycles. The van der Waals surface area contributed by atoms with Crippen LogP contribution in [0.3, 0.4) is 0 Å². The number of carbonyl (C=O) groups excluding carboxylic acids is 1. The van der Waals surface area contributed by atoms with Crippen LogP contribution >= 0.6 is 11.8 Å². The molecule has 1 N–H and O–H groups in total. The number of nitrogens with zero attached hydrogens (tertiary/aromatic N) is 2. The Labute approximate surface area is 131 Å². The molecule has 0 amide bonds. The number of aromatic nitrogens is 2. The number of thioether (sulfide) groups is 1. The summed E-state index contributed by atoms with van der Waals surface area (Å²) in [5.41, 5.74) is -0.666. The molecule has 0 aliphatic carbocycles. The van der Waals surface area contributed by atoms with Gasteiger partial charge in [-0.05, 0) is 33.2 Å². The summed E-state index contributed by atoms with van der Waals surface area (Å²) in [4.78, 5) is 20.6. The molecule has 6 heteroatoms. The third kappa shape index (κ3) is 6.01. The Kier molecular flexibility index (Phi) is 7.67. The molecule has 0 radical (unpaired) electrons. The SMILES string of the molecule is CCCNC(C)(CC(C)Sc1cnccn1)C(=O)OCC. The highest BCUT2D eigenvalue weighted by Gasteiger charge is 2.35. The Morgan fingerprint density at radius 1 is 1.48 bits per heavy atom. The first-order valence-electron chi connectivity index (χ1n) is 7.36. The number of esters is 1. The molecule has 0 aliphatic rings. The van der Waals surface area contributed by atoms with Gasteiger partial charge in [0.25, 0.3) is 0 Å². The lowest BCUT2D eigenvalue weighted by Crippen LogP contribution is -2.52. The summed E-state index contributed by atoms with van der Waals surface area (Å²) < 4.78 is 5.22. The molecule has 0 aliphatic heterocycles. The zero-order valence-corrected chi connectivity index (χ0v) is 14.1. The van der Waals surface area contributed by atoms with Gasteiger partial charge in [-0.2, -0.15) is 0 Å². The number of hydrogen-bond donors (Lipinski definition) is 1. The highest BCUT2D eigenvalue weighted by molar-refractivity contribution is 7.99. The summed E-state index contributed by atoms with van der Waals surface area (Å²) in [5.74, 6) is -0.190. The minimum atomic E-state index is -0.666. The van der Waals surface area contributed by atoms with Crippen molar-refractivity contribution in [2.24, 2.45) is 0 Å². The summed E-state index contributed by atoms with van der Waals surface area (Å²) >= 11 is 1.62. The molecule has 0 saturated heterocycles. The quantitative estimate of drug-likeness (QED) is 0.559. The second kappa shape index (κ2) is 9.00. The molecule has 0 spiro atoms. The molecule has 1 aromatic rings. The largest absolute Gasteiger partial charge is 0.465 e. The summed E-state index contributed by atoms with van der Waals surface area (Å²) in [7, 11) is 0. The van der Waals surface area contributed by atoms with Gasteiger partial charge >= 0.3 is 5.97 Å². The van der Waals surface area contributed by atoms with Gasteiger partial charge in [0, 0.05) is 17.6 Å². The maximum absolute atomic E-state index is 12.2. The molecule has 0 aromatic carbocycles. The molecule has 0 fully saturated rings. The van der Waals surface area contributed by atoms with Crippen LogP contribution in [0.1, 0.15) is 40.5 Å². The van der Waals surface area contributed by atoms with Crippen molar-refractivity contribution in [3.8, 4) is 0 Å². The van der Waals surface area contributed by atoms with Crippen molar-refractivity contribution in [2.45, 2.75) is 56.4 Å². The van der Waals surface area contributed by atoms with E-state index in [4.69, 9.17) is 4.74 Å². The van der Waals surface area contributed by atoms with Crippen LogP contribution in [0.15, 0.2) is 23.6 Å². The third-order valence-electron chi connectivity index (χ3n) is 3.05. The van der Waals surface area contributed by atoms with Gasteiger partial charge in [-0.15, -0.1) is 11.8 Å². The molecular formula is C15H25N3O2S. The van der Waals surface area contributed by atoms with Crippen molar-refractivity contribution in [1.29, 1.82) is 0 Å². The van der Waals surface area contributed by atoms with Crippen molar-refractivity contribution in [3.63, 3.8) is 0 Å². The fraction of sp³-hybridized carbons (Fsp3) is 0.667. The number of rotatable bonds is 9. The fourth-order valence-corrected chi connectivity index (χ4v) is 3.16. The van der Waals surface area contributed by atoms with Crippen LogP contribution in [0.5, 0.6) is 0 Å². The van der Waals surface area contributed by atoms with E-state index in [0.29, 0.717) is 13.0 Å². The van der Waals surface area contributed by atoms with E-state index < -0.39 is 5.54 Å². The van der Waals surface area contributed by atoms with Crippen LogP contribution in [-0.4, -0.2) is 39.9 Å². The van der Waals surface area contributed by atoms with Gasteiger partial charge in [0.15, 0.2) is 0 Å². The molecular weight excluding hydrogens is 286 g/mol. The van der Waals surface area contributed by atoms with E-state index in [1.54, 1.807) is 30.4 Å². The lowest BCUT2D eigenvalue weighted by Gasteiger charge is -2.30. The minimum Gasteiger partial charge on any atom is -0.465 e. The monoisotopic (exact) mass is 311 g/mol. The Morgan fingerprint density at radius 3 is 2.81 bits per heavy atom. The summed E-state index contributed by atoms with van der Waals surface area (Å²) in [6, 6.07) is 0. The highest BCUT2D eigenvalue weighted by atomic mass is 32.2. The zero-order chi connectivity index (χ0) is 15.7. The predicted octanol–water partition coefficient (Wildman–Crippen LogP) is 2.67. The van der Waals surface area contributed by atoms with E-state index in [0.717, 1.165) is 18.0 Å². The molecule has 5 nitrogen and oxygen atoms in total. The Balaban J connectivity index is 2.68. The van der Waals surface area contributed by atoms with Crippen LogP contribution in [0, 0.1) is 0 Å². The van der Waals surface area contributed by atoms with Crippen molar-refractivity contribution in [2.75, 3.05) is 13.2 Å². The highest BCUT2D eigenvalue weighted by Crippen LogP contribution is 2.27. The molecule has 21 heavy (non-hydrogen) atoms. The molecule has 118 valence electrons. The van der Waals surface area contributed by atoms with E-state index in [2.05, 4.69) is 29.1 Å². The Hall–Kier alpha value is -1.14. The molecule has 2 atom stereocenters.